The van der Waals surface area contributed by atoms with Crippen molar-refractivity contribution >= 4 is 39.1 Å². The molecule has 2 aromatic carbocycles. The summed E-state index contributed by atoms with van der Waals surface area (Å²) in [5.41, 5.74) is 1.41. The second-order valence-corrected chi connectivity index (χ2v) is 6.80. The number of carbonyl (C=O) groups is 1. The van der Waals surface area contributed by atoms with E-state index in [1.165, 1.54) is 14.2 Å². The predicted molar refractivity (Wildman–Crippen MR) is 100 cm³/mol. The first-order valence-corrected chi connectivity index (χ1v) is 8.86. The fourth-order valence-corrected chi connectivity index (χ4v) is 3.72. The number of ether oxygens (including phenoxy) is 2. The summed E-state index contributed by atoms with van der Waals surface area (Å²) < 4.78 is 11.5. The quantitative estimate of drug-likeness (QED) is 0.707. The molecular formula is C18H17ClN2O3S. The van der Waals surface area contributed by atoms with Gasteiger partial charge >= 0.3 is 0 Å². The van der Waals surface area contributed by atoms with Crippen LogP contribution in [0, 0.1) is 0 Å². The van der Waals surface area contributed by atoms with Gasteiger partial charge < -0.3 is 14.8 Å². The van der Waals surface area contributed by atoms with Crippen molar-refractivity contribution in [2.75, 3.05) is 20.8 Å². The lowest BCUT2D eigenvalue weighted by atomic mass is 10.2. The van der Waals surface area contributed by atoms with Crippen molar-refractivity contribution in [3.05, 3.63) is 52.0 Å². The molecule has 0 radical (unpaired) electrons. The Hall–Kier alpha value is -2.31. The maximum Gasteiger partial charge on any atom is 0.251 e. The lowest BCUT2D eigenvalue weighted by Crippen LogP contribution is -2.25. The van der Waals surface area contributed by atoms with Gasteiger partial charge in [-0.25, -0.2) is 4.98 Å². The highest BCUT2D eigenvalue weighted by Gasteiger charge is 2.15. The molecule has 1 N–H and O–H groups in total. The molecule has 0 unspecified atom stereocenters. The number of para-hydroxylation sites is 1. The standard InChI is InChI=1S/C18H17ClN2O3S/c1-23-14-10-11(9-12(19)17(14)24-2)18(22)20-8-7-16-21-13-5-3-4-6-15(13)25-16/h3-6,9-10H,7-8H2,1-2H3,(H,20,22). The summed E-state index contributed by atoms with van der Waals surface area (Å²) >= 11 is 7.78. The van der Waals surface area contributed by atoms with Gasteiger partial charge in [-0.3, -0.25) is 4.79 Å². The molecular weight excluding hydrogens is 360 g/mol. The number of methoxy groups -OCH3 is 2. The minimum atomic E-state index is -0.219. The minimum absolute atomic E-state index is 0.219. The summed E-state index contributed by atoms with van der Waals surface area (Å²) in [7, 11) is 3.00. The van der Waals surface area contributed by atoms with Gasteiger partial charge in [-0.15, -0.1) is 11.3 Å². The van der Waals surface area contributed by atoms with E-state index in [9.17, 15) is 4.79 Å². The zero-order valence-corrected chi connectivity index (χ0v) is 15.4. The number of nitrogens with one attached hydrogen (secondary N) is 1. The van der Waals surface area contributed by atoms with Crippen LogP contribution in [0.5, 0.6) is 11.5 Å². The topological polar surface area (TPSA) is 60.5 Å². The third kappa shape index (κ3) is 3.86. The molecule has 0 saturated carbocycles. The van der Waals surface area contributed by atoms with Gasteiger partial charge in [-0.1, -0.05) is 23.7 Å². The monoisotopic (exact) mass is 376 g/mol. The molecule has 25 heavy (non-hydrogen) atoms. The molecule has 7 heteroatoms. The van der Waals surface area contributed by atoms with Crippen molar-refractivity contribution in [3.8, 4) is 11.5 Å². The van der Waals surface area contributed by atoms with Crippen LogP contribution in [0.25, 0.3) is 10.2 Å². The molecule has 1 aromatic heterocycles. The first-order chi connectivity index (χ1) is 12.1. The second-order valence-electron chi connectivity index (χ2n) is 5.27. The summed E-state index contributed by atoms with van der Waals surface area (Å²) in [5, 5.41) is 4.20. The Morgan fingerprint density at radius 3 is 2.76 bits per heavy atom. The second kappa shape index (κ2) is 7.72. The van der Waals surface area contributed by atoms with Gasteiger partial charge in [0.05, 0.1) is 34.5 Å². The summed E-state index contributed by atoms with van der Waals surface area (Å²) in [6.45, 7) is 0.491. The number of halogens is 1. The zero-order chi connectivity index (χ0) is 17.8. The smallest absolute Gasteiger partial charge is 0.251 e. The summed E-state index contributed by atoms with van der Waals surface area (Å²) in [6, 6.07) is 11.2. The Morgan fingerprint density at radius 2 is 2.04 bits per heavy atom. The van der Waals surface area contributed by atoms with Crippen LogP contribution < -0.4 is 14.8 Å². The number of thiazole rings is 1. The number of aromatic nitrogens is 1. The van der Waals surface area contributed by atoms with Crippen molar-refractivity contribution in [3.63, 3.8) is 0 Å². The van der Waals surface area contributed by atoms with E-state index < -0.39 is 0 Å². The van der Waals surface area contributed by atoms with Gasteiger partial charge in [0.2, 0.25) is 0 Å². The highest BCUT2D eigenvalue weighted by atomic mass is 35.5. The predicted octanol–water partition coefficient (Wildman–Crippen LogP) is 3.94. The van der Waals surface area contributed by atoms with Crippen LogP contribution in [-0.4, -0.2) is 31.7 Å². The van der Waals surface area contributed by atoms with Crippen LogP contribution in [0.2, 0.25) is 5.02 Å². The summed E-state index contributed by atoms with van der Waals surface area (Å²) in [4.78, 5) is 16.9. The van der Waals surface area contributed by atoms with Gasteiger partial charge in [0, 0.05) is 18.5 Å². The number of nitrogens with zero attached hydrogens (tertiary/aromatic N) is 1. The Bertz CT molecular complexity index is 877. The van der Waals surface area contributed by atoms with Crippen molar-refractivity contribution in [2.45, 2.75) is 6.42 Å². The number of fused-ring (bicyclic) bond motifs is 1. The molecule has 0 aliphatic carbocycles. The van der Waals surface area contributed by atoms with Crippen molar-refractivity contribution in [1.29, 1.82) is 0 Å². The molecule has 1 heterocycles. The van der Waals surface area contributed by atoms with Crippen molar-refractivity contribution in [2.24, 2.45) is 0 Å². The van der Waals surface area contributed by atoms with Gasteiger partial charge in [-0.2, -0.15) is 0 Å². The highest BCUT2D eigenvalue weighted by molar-refractivity contribution is 7.18. The molecule has 0 saturated heterocycles. The van der Waals surface area contributed by atoms with E-state index in [-0.39, 0.29) is 5.91 Å². The number of hydrogen-bond donors (Lipinski definition) is 1. The highest BCUT2D eigenvalue weighted by Crippen LogP contribution is 2.35. The van der Waals surface area contributed by atoms with E-state index in [0.29, 0.717) is 35.1 Å². The maximum atomic E-state index is 12.3. The van der Waals surface area contributed by atoms with Crippen LogP contribution in [0.1, 0.15) is 15.4 Å². The normalized spacial score (nSPS) is 10.7. The number of amides is 1. The van der Waals surface area contributed by atoms with Crippen molar-refractivity contribution in [1.82, 2.24) is 10.3 Å². The number of hydrogen-bond acceptors (Lipinski definition) is 5. The molecule has 3 rings (SSSR count). The molecule has 3 aromatic rings. The summed E-state index contributed by atoms with van der Waals surface area (Å²) in [5.74, 6) is 0.616. The lowest BCUT2D eigenvalue weighted by molar-refractivity contribution is 0.0953. The molecule has 0 spiro atoms. The van der Waals surface area contributed by atoms with Crippen LogP contribution in [0.15, 0.2) is 36.4 Å². The Morgan fingerprint density at radius 1 is 1.24 bits per heavy atom. The van der Waals surface area contributed by atoms with Crippen LogP contribution >= 0.6 is 22.9 Å². The van der Waals surface area contributed by atoms with Gasteiger partial charge in [0.1, 0.15) is 0 Å². The number of carbonyl (C=O) groups excluding carboxylic acids is 1. The number of rotatable bonds is 6. The molecule has 0 bridgehead atoms. The van der Waals surface area contributed by atoms with Gasteiger partial charge in [-0.05, 0) is 24.3 Å². The van der Waals surface area contributed by atoms with E-state index in [2.05, 4.69) is 10.3 Å². The van der Waals surface area contributed by atoms with E-state index in [1.807, 2.05) is 24.3 Å². The first kappa shape index (κ1) is 17.5. The fraction of sp³-hybridized carbons (Fsp3) is 0.222. The Balaban J connectivity index is 1.65. The van der Waals surface area contributed by atoms with Crippen molar-refractivity contribution < 1.29 is 14.3 Å². The van der Waals surface area contributed by atoms with E-state index in [1.54, 1.807) is 23.5 Å². The largest absolute Gasteiger partial charge is 0.493 e. The Labute approximate surface area is 154 Å². The minimum Gasteiger partial charge on any atom is -0.493 e. The van der Waals surface area contributed by atoms with Gasteiger partial charge in [0.25, 0.3) is 5.91 Å². The van der Waals surface area contributed by atoms with Gasteiger partial charge in [0.15, 0.2) is 11.5 Å². The summed E-state index contributed by atoms with van der Waals surface area (Å²) in [6.07, 6.45) is 0.673. The molecule has 1 amide bonds. The molecule has 5 nitrogen and oxygen atoms in total. The van der Waals surface area contributed by atoms with E-state index in [4.69, 9.17) is 21.1 Å². The average Bonchev–Trinajstić information content (AvgIpc) is 3.03. The fourth-order valence-electron chi connectivity index (χ4n) is 2.46. The van der Waals surface area contributed by atoms with Crippen LogP contribution in [0.4, 0.5) is 0 Å². The van der Waals surface area contributed by atoms with E-state index in [0.717, 1.165) is 15.2 Å². The third-order valence-electron chi connectivity index (χ3n) is 3.66. The zero-order valence-electron chi connectivity index (χ0n) is 13.8. The van der Waals surface area contributed by atoms with E-state index >= 15 is 0 Å². The first-order valence-electron chi connectivity index (χ1n) is 7.66. The Kier molecular flexibility index (Phi) is 5.40. The van der Waals surface area contributed by atoms with Crippen LogP contribution in [0.3, 0.4) is 0 Å². The van der Waals surface area contributed by atoms with Crippen LogP contribution in [-0.2, 0) is 6.42 Å². The average molecular weight is 377 g/mol. The molecule has 0 aliphatic rings. The third-order valence-corrected chi connectivity index (χ3v) is 5.04. The molecule has 0 atom stereocenters. The molecule has 0 fully saturated rings. The molecule has 130 valence electrons. The number of benzene rings is 2. The lowest BCUT2D eigenvalue weighted by Gasteiger charge is -2.11. The SMILES string of the molecule is COc1cc(C(=O)NCCc2nc3ccccc3s2)cc(Cl)c1OC. The maximum absolute atomic E-state index is 12.3. The molecule has 0 aliphatic heterocycles.